The molecule has 1 aromatic rings. The Labute approximate surface area is 121 Å². The molecular weight excluding hydrogens is 250 g/mol. The number of nitrogen functional groups attached to an aromatic ring is 1. The fourth-order valence-corrected chi connectivity index (χ4v) is 2.79. The van der Waals surface area contributed by atoms with Crippen molar-refractivity contribution in [1.82, 2.24) is 9.97 Å². The van der Waals surface area contributed by atoms with Gasteiger partial charge in [0.1, 0.15) is 17.5 Å². The number of nitrogens with one attached hydrogen (secondary N) is 2. The summed E-state index contributed by atoms with van der Waals surface area (Å²) < 4.78 is 0. The van der Waals surface area contributed by atoms with E-state index in [0.29, 0.717) is 11.7 Å². The first-order valence-corrected chi connectivity index (χ1v) is 7.78. The summed E-state index contributed by atoms with van der Waals surface area (Å²) in [4.78, 5) is 8.89. The van der Waals surface area contributed by atoms with Crippen LogP contribution in [-0.4, -0.2) is 16.5 Å². The molecule has 1 aliphatic carbocycles. The van der Waals surface area contributed by atoms with Crippen LogP contribution < -0.4 is 16.6 Å². The van der Waals surface area contributed by atoms with Gasteiger partial charge in [0.25, 0.3) is 0 Å². The van der Waals surface area contributed by atoms with Crippen LogP contribution in [-0.2, 0) is 0 Å². The van der Waals surface area contributed by atoms with E-state index in [-0.39, 0.29) is 0 Å². The molecular formula is C15H27N5. The quantitative estimate of drug-likeness (QED) is 0.405. The minimum absolute atomic E-state index is 0.294. The summed E-state index contributed by atoms with van der Waals surface area (Å²) in [6.45, 7) is 5.13. The molecule has 1 aliphatic rings. The molecule has 0 bridgehead atoms. The highest BCUT2D eigenvalue weighted by Gasteiger charge is 2.14. The van der Waals surface area contributed by atoms with Gasteiger partial charge < -0.3 is 10.7 Å². The Hall–Kier alpha value is -1.36. The summed E-state index contributed by atoms with van der Waals surface area (Å²) >= 11 is 0. The molecule has 0 radical (unpaired) electrons. The lowest BCUT2D eigenvalue weighted by Crippen LogP contribution is -2.13. The van der Waals surface area contributed by atoms with Crippen LogP contribution >= 0.6 is 0 Å². The number of aromatic nitrogens is 2. The number of hydrogen-bond donors (Lipinski definition) is 3. The van der Waals surface area contributed by atoms with Crippen molar-refractivity contribution < 1.29 is 0 Å². The third-order valence-electron chi connectivity index (χ3n) is 3.98. The molecule has 5 nitrogen and oxygen atoms in total. The lowest BCUT2D eigenvalue weighted by molar-refractivity contribution is 0.491. The van der Waals surface area contributed by atoms with Crippen LogP contribution in [0.4, 0.5) is 11.6 Å². The van der Waals surface area contributed by atoms with E-state index in [0.717, 1.165) is 24.1 Å². The zero-order valence-electron chi connectivity index (χ0n) is 12.7. The second kappa shape index (κ2) is 7.43. The Morgan fingerprint density at radius 2 is 1.95 bits per heavy atom. The van der Waals surface area contributed by atoms with Crippen molar-refractivity contribution >= 4 is 11.6 Å². The van der Waals surface area contributed by atoms with Crippen molar-refractivity contribution in [2.75, 3.05) is 17.3 Å². The van der Waals surface area contributed by atoms with Gasteiger partial charge in [-0.3, -0.25) is 0 Å². The topological polar surface area (TPSA) is 75.9 Å². The van der Waals surface area contributed by atoms with Gasteiger partial charge in [-0.1, -0.05) is 39.5 Å². The second-order valence-electron chi connectivity index (χ2n) is 6.02. The van der Waals surface area contributed by atoms with Crippen LogP contribution in [0.15, 0.2) is 6.07 Å². The second-order valence-corrected chi connectivity index (χ2v) is 6.02. The third-order valence-corrected chi connectivity index (χ3v) is 3.98. The van der Waals surface area contributed by atoms with Gasteiger partial charge in [0.15, 0.2) is 0 Å². The van der Waals surface area contributed by atoms with Crippen molar-refractivity contribution in [2.45, 2.75) is 58.3 Å². The van der Waals surface area contributed by atoms with Gasteiger partial charge in [-0.15, -0.1) is 0 Å². The fourth-order valence-electron chi connectivity index (χ4n) is 2.79. The highest BCUT2D eigenvalue weighted by Crippen LogP contribution is 2.28. The maximum atomic E-state index is 5.46. The maximum absolute atomic E-state index is 5.46. The minimum atomic E-state index is 0.294. The molecule has 112 valence electrons. The van der Waals surface area contributed by atoms with Gasteiger partial charge in [-0.2, -0.15) is 0 Å². The van der Waals surface area contributed by atoms with E-state index in [1.165, 1.54) is 38.5 Å². The van der Waals surface area contributed by atoms with E-state index in [1.54, 1.807) is 0 Å². The monoisotopic (exact) mass is 277 g/mol. The van der Waals surface area contributed by atoms with E-state index in [9.17, 15) is 0 Å². The van der Waals surface area contributed by atoms with E-state index >= 15 is 0 Å². The molecule has 1 aromatic heterocycles. The normalized spacial score (nSPS) is 15.8. The number of anilines is 2. The Morgan fingerprint density at radius 3 is 2.60 bits per heavy atom. The summed E-state index contributed by atoms with van der Waals surface area (Å²) in [5.74, 6) is 9.06. The largest absolute Gasteiger partial charge is 0.370 e. The molecule has 0 amide bonds. The van der Waals surface area contributed by atoms with Crippen molar-refractivity contribution in [3.05, 3.63) is 11.9 Å². The standard InChI is InChI=1S/C15H27N5/c1-11(2)15-18-13(10-14(19-15)20-16)17-9-5-8-12-6-3-4-7-12/h10-12H,3-9,16H2,1-2H3,(H2,17,18,19,20). The lowest BCUT2D eigenvalue weighted by Gasteiger charge is -2.12. The Balaban J connectivity index is 1.83. The van der Waals surface area contributed by atoms with Gasteiger partial charge in [-0.25, -0.2) is 15.8 Å². The predicted octanol–water partition coefficient (Wildman–Crippen LogP) is 3.27. The number of rotatable bonds is 7. The smallest absolute Gasteiger partial charge is 0.145 e. The fraction of sp³-hybridized carbons (Fsp3) is 0.733. The summed E-state index contributed by atoms with van der Waals surface area (Å²) in [5, 5.41) is 3.39. The molecule has 0 atom stereocenters. The highest BCUT2D eigenvalue weighted by atomic mass is 15.3. The molecule has 0 aliphatic heterocycles. The van der Waals surface area contributed by atoms with Gasteiger partial charge >= 0.3 is 0 Å². The van der Waals surface area contributed by atoms with Crippen LogP contribution in [0.2, 0.25) is 0 Å². The lowest BCUT2D eigenvalue weighted by atomic mass is 10.0. The van der Waals surface area contributed by atoms with Crippen molar-refractivity contribution in [3.8, 4) is 0 Å². The van der Waals surface area contributed by atoms with Crippen molar-refractivity contribution in [1.29, 1.82) is 0 Å². The SMILES string of the molecule is CC(C)c1nc(NN)cc(NCCCC2CCCC2)n1. The summed E-state index contributed by atoms with van der Waals surface area (Å²) in [6.07, 6.45) is 8.23. The first-order valence-electron chi connectivity index (χ1n) is 7.78. The predicted molar refractivity (Wildman–Crippen MR) is 83.6 cm³/mol. The summed E-state index contributed by atoms with van der Waals surface area (Å²) in [7, 11) is 0. The molecule has 0 saturated heterocycles. The van der Waals surface area contributed by atoms with Crippen molar-refractivity contribution in [2.24, 2.45) is 11.8 Å². The van der Waals surface area contributed by atoms with Crippen molar-refractivity contribution in [3.63, 3.8) is 0 Å². The molecule has 2 rings (SSSR count). The Morgan fingerprint density at radius 1 is 1.25 bits per heavy atom. The number of hydrogen-bond acceptors (Lipinski definition) is 5. The van der Waals surface area contributed by atoms with Gasteiger partial charge in [0.2, 0.25) is 0 Å². The molecule has 0 spiro atoms. The molecule has 4 N–H and O–H groups in total. The average molecular weight is 277 g/mol. The summed E-state index contributed by atoms with van der Waals surface area (Å²) in [6, 6.07) is 1.86. The van der Waals surface area contributed by atoms with E-state index in [4.69, 9.17) is 5.84 Å². The van der Waals surface area contributed by atoms with Crippen LogP contribution in [0.1, 0.15) is 64.1 Å². The zero-order valence-corrected chi connectivity index (χ0v) is 12.7. The van der Waals surface area contributed by atoms with Crippen LogP contribution in [0.25, 0.3) is 0 Å². The van der Waals surface area contributed by atoms with Crippen LogP contribution in [0.3, 0.4) is 0 Å². The average Bonchev–Trinajstić information content (AvgIpc) is 2.96. The third kappa shape index (κ3) is 4.34. The van der Waals surface area contributed by atoms with E-state index < -0.39 is 0 Å². The summed E-state index contributed by atoms with van der Waals surface area (Å²) in [5.41, 5.74) is 2.61. The Kier molecular flexibility index (Phi) is 5.59. The molecule has 1 heterocycles. The number of hydrazine groups is 1. The molecule has 5 heteroatoms. The molecule has 20 heavy (non-hydrogen) atoms. The van der Waals surface area contributed by atoms with Crippen LogP contribution in [0, 0.1) is 5.92 Å². The van der Waals surface area contributed by atoms with E-state index in [1.807, 2.05) is 6.07 Å². The first-order chi connectivity index (χ1) is 9.69. The number of nitrogens with zero attached hydrogens (tertiary/aromatic N) is 2. The van der Waals surface area contributed by atoms with Crippen LogP contribution in [0.5, 0.6) is 0 Å². The highest BCUT2D eigenvalue weighted by molar-refractivity contribution is 5.47. The number of nitrogens with two attached hydrogens (primary N) is 1. The first kappa shape index (κ1) is 15.0. The maximum Gasteiger partial charge on any atom is 0.145 e. The molecule has 0 aromatic carbocycles. The Bertz CT molecular complexity index is 413. The molecule has 1 fully saturated rings. The van der Waals surface area contributed by atoms with Gasteiger partial charge in [0, 0.05) is 18.5 Å². The van der Waals surface area contributed by atoms with Gasteiger partial charge in [-0.05, 0) is 18.8 Å². The van der Waals surface area contributed by atoms with Gasteiger partial charge in [0.05, 0.1) is 0 Å². The minimum Gasteiger partial charge on any atom is -0.370 e. The zero-order chi connectivity index (χ0) is 14.4. The molecule has 0 unspecified atom stereocenters. The molecule has 1 saturated carbocycles. The van der Waals surface area contributed by atoms with E-state index in [2.05, 4.69) is 34.6 Å².